The van der Waals surface area contributed by atoms with Gasteiger partial charge >= 0.3 is 0 Å². The molecule has 3 aromatic rings. The summed E-state index contributed by atoms with van der Waals surface area (Å²) >= 11 is 0. The van der Waals surface area contributed by atoms with Crippen LogP contribution in [0.4, 0.5) is 11.5 Å². The van der Waals surface area contributed by atoms with Crippen molar-refractivity contribution in [3.8, 4) is 0 Å². The van der Waals surface area contributed by atoms with E-state index >= 15 is 0 Å². The molecular weight excluding hydrogens is 298 g/mol. The summed E-state index contributed by atoms with van der Waals surface area (Å²) in [5.74, 6) is 0.814. The van der Waals surface area contributed by atoms with Crippen molar-refractivity contribution in [1.29, 1.82) is 5.41 Å². The zero-order valence-electron chi connectivity index (χ0n) is 13.5. The SMILES string of the molecule is Cc1cc(Nc2ccc(Cc3ccccc3)cc2)n(C=NC=N)n1. The number of hydrogen-bond acceptors (Lipinski definition) is 3. The van der Waals surface area contributed by atoms with Gasteiger partial charge in [0.1, 0.15) is 18.5 Å². The molecule has 0 spiro atoms. The predicted molar refractivity (Wildman–Crippen MR) is 98.6 cm³/mol. The van der Waals surface area contributed by atoms with E-state index in [1.54, 1.807) is 4.68 Å². The molecule has 0 aliphatic heterocycles. The molecule has 0 aliphatic rings. The number of nitrogens with zero attached hydrogens (tertiary/aromatic N) is 3. The molecule has 0 fully saturated rings. The van der Waals surface area contributed by atoms with E-state index in [1.165, 1.54) is 17.5 Å². The van der Waals surface area contributed by atoms with Gasteiger partial charge in [-0.15, -0.1) is 0 Å². The highest BCUT2D eigenvalue weighted by atomic mass is 15.3. The van der Waals surface area contributed by atoms with Crippen molar-refractivity contribution in [1.82, 2.24) is 9.78 Å². The van der Waals surface area contributed by atoms with Gasteiger partial charge in [0.15, 0.2) is 0 Å². The highest BCUT2D eigenvalue weighted by Gasteiger charge is 2.04. The minimum absolute atomic E-state index is 0.814. The first-order chi connectivity index (χ1) is 11.7. The maximum absolute atomic E-state index is 6.98. The topological polar surface area (TPSA) is 66.1 Å². The number of aliphatic imine (C=N–C) groups is 1. The third-order valence-electron chi connectivity index (χ3n) is 3.59. The summed E-state index contributed by atoms with van der Waals surface area (Å²) < 4.78 is 1.62. The highest BCUT2D eigenvalue weighted by molar-refractivity contribution is 5.74. The van der Waals surface area contributed by atoms with Crippen LogP contribution in [0.2, 0.25) is 0 Å². The van der Waals surface area contributed by atoms with Crippen molar-refractivity contribution in [3.63, 3.8) is 0 Å². The van der Waals surface area contributed by atoms with E-state index in [2.05, 4.69) is 63.9 Å². The lowest BCUT2D eigenvalue weighted by atomic mass is 10.0. The fourth-order valence-electron chi connectivity index (χ4n) is 2.48. The van der Waals surface area contributed by atoms with Crippen molar-refractivity contribution in [2.75, 3.05) is 5.32 Å². The smallest absolute Gasteiger partial charge is 0.135 e. The molecule has 5 nitrogen and oxygen atoms in total. The lowest BCUT2D eigenvalue weighted by molar-refractivity contribution is 0.938. The van der Waals surface area contributed by atoms with Gasteiger partial charge in [0.2, 0.25) is 0 Å². The molecule has 0 unspecified atom stereocenters. The molecule has 2 aromatic carbocycles. The van der Waals surface area contributed by atoms with Gasteiger partial charge in [-0.3, -0.25) is 5.41 Å². The van der Waals surface area contributed by atoms with Gasteiger partial charge in [-0.1, -0.05) is 42.5 Å². The second-order valence-corrected chi connectivity index (χ2v) is 5.49. The fourth-order valence-corrected chi connectivity index (χ4v) is 2.48. The van der Waals surface area contributed by atoms with E-state index < -0.39 is 0 Å². The summed E-state index contributed by atoms with van der Waals surface area (Å²) in [4.78, 5) is 3.80. The van der Waals surface area contributed by atoms with Crippen molar-refractivity contribution in [2.24, 2.45) is 4.99 Å². The number of nitrogens with one attached hydrogen (secondary N) is 2. The van der Waals surface area contributed by atoms with Crippen LogP contribution in [0.25, 0.3) is 0 Å². The molecule has 2 N–H and O–H groups in total. The van der Waals surface area contributed by atoms with E-state index in [0.717, 1.165) is 30.0 Å². The highest BCUT2D eigenvalue weighted by Crippen LogP contribution is 2.19. The zero-order valence-corrected chi connectivity index (χ0v) is 13.5. The summed E-state index contributed by atoms with van der Waals surface area (Å²) in [5.41, 5.74) is 4.43. The Morgan fingerprint density at radius 3 is 2.50 bits per heavy atom. The average Bonchev–Trinajstić information content (AvgIpc) is 2.95. The molecule has 1 aromatic heterocycles. The normalized spacial score (nSPS) is 10.9. The van der Waals surface area contributed by atoms with Crippen molar-refractivity contribution in [2.45, 2.75) is 13.3 Å². The number of aromatic nitrogens is 2. The van der Waals surface area contributed by atoms with Crippen LogP contribution in [-0.4, -0.2) is 22.5 Å². The third kappa shape index (κ3) is 3.95. The van der Waals surface area contributed by atoms with Crippen molar-refractivity contribution >= 4 is 24.2 Å². The van der Waals surface area contributed by atoms with Gasteiger partial charge in [0.25, 0.3) is 0 Å². The van der Waals surface area contributed by atoms with Crippen LogP contribution in [0.1, 0.15) is 16.8 Å². The van der Waals surface area contributed by atoms with Crippen molar-refractivity contribution in [3.05, 3.63) is 77.5 Å². The van der Waals surface area contributed by atoms with Crippen LogP contribution >= 0.6 is 0 Å². The number of aryl methyl sites for hydroxylation is 1. The summed E-state index contributed by atoms with van der Waals surface area (Å²) in [5, 5.41) is 14.6. The van der Waals surface area contributed by atoms with Crippen LogP contribution in [0, 0.1) is 12.3 Å². The predicted octanol–water partition coefficient (Wildman–Crippen LogP) is 4.01. The Morgan fingerprint density at radius 2 is 1.79 bits per heavy atom. The molecule has 5 heteroatoms. The van der Waals surface area contributed by atoms with Crippen LogP contribution in [0.15, 0.2) is 65.7 Å². The molecule has 120 valence electrons. The molecule has 0 saturated carbocycles. The molecule has 0 bridgehead atoms. The second kappa shape index (κ2) is 7.37. The maximum atomic E-state index is 6.98. The first-order valence-corrected chi connectivity index (χ1v) is 7.73. The Hall–Kier alpha value is -3.21. The molecular formula is C19H19N5. The fraction of sp³-hybridized carbons (Fsp3) is 0.105. The monoisotopic (exact) mass is 317 g/mol. The van der Waals surface area contributed by atoms with E-state index in [4.69, 9.17) is 5.41 Å². The molecule has 24 heavy (non-hydrogen) atoms. The standard InChI is InChI=1S/C19H19N5/c1-15-11-19(24(23-15)14-21-13-20)22-18-9-7-17(8-10-18)12-16-5-3-2-4-6-16/h2-11,13-14,20,22H,12H2,1H3. The molecule has 1 heterocycles. The second-order valence-electron chi connectivity index (χ2n) is 5.49. The van der Waals surface area contributed by atoms with Crippen molar-refractivity contribution < 1.29 is 0 Å². The first kappa shape index (κ1) is 15.7. The minimum atomic E-state index is 0.814. The Bertz CT molecular complexity index is 832. The average molecular weight is 317 g/mol. The number of rotatable bonds is 6. The molecule has 0 aliphatic carbocycles. The molecule has 0 radical (unpaired) electrons. The third-order valence-corrected chi connectivity index (χ3v) is 3.59. The van der Waals surface area contributed by atoms with Crippen LogP contribution < -0.4 is 5.32 Å². The Kier molecular flexibility index (Phi) is 4.81. The molecule has 0 atom stereocenters. The lowest BCUT2D eigenvalue weighted by Crippen LogP contribution is -2.04. The lowest BCUT2D eigenvalue weighted by Gasteiger charge is -2.08. The maximum Gasteiger partial charge on any atom is 0.135 e. The summed E-state index contributed by atoms with van der Waals surface area (Å²) in [6.45, 7) is 1.92. The first-order valence-electron chi connectivity index (χ1n) is 7.73. The number of hydrogen-bond donors (Lipinski definition) is 2. The molecule has 3 rings (SSSR count). The van der Waals surface area contributed by atoms with E-state index in [1.807, 2.05) is 19.1 Å². The van der Waals surface area contributed by atoms with E-state index in [-0.39, 0.29) is 0 Å². The van der Waals surface area contributed by atoms with Gasteiger partial charge in [-0.2, -0.15) is 5.10 Å². The summed E-state index contributed by atoms with van der Waals surface area (Å²) in [6, 6.07) is 20.7. The zero-order chi connectivity index (χ0) is 16.8. The molecule has 0 amide bonds. The van der Waals surface area contributed by atoms with Gasteiger partial charge in [-0.25, -0.2) is 9.67 Å². The van der Waals surface area contributed by atoms with Gasteiger partial charge in [-0.05, 0) is 36.6 Å². The largest absolute Gasteiger partial charge is 0.340 e. The van der Waals surface area contributed by atoms with E-state index in [0.29, 0.717) is 0 Å². The summed E-state index contributed by atoms with van der Waals surface area (Å²) in [6.07, 6.45) is 3.41. The van der Waals surface area contributed by atoms with Gasteiger partial charge in [0.05, 0.1) is 5.69 Å². The van der Waals surface area contributed by atoms with Crippen LogP contribution in [0.3, 0.4) is 0 Å². The number of benzene rings is 2. The Morgan fingerprint density at radius 1 is 1.08 bits per heavy atom. The summed E-state index contributed by atoms with van der Waals surface area (Å²) in [7, 11) is 0. The number of anilines is 2. The Balaban J connectivity index is 1.73. The van der Waals surface area contributed by atoms with Crippen LogP contribution in [-0.2, 0) is 6.42 Å². The van der Waals surface area contributed by atoms with Gasteiger partial charge in [0, 0.05) is 11.8 Å². The quantitative estimate of drug-likeness (QED) is 0.533. The minimum Gasteiger partial charge on any atom is -0.340 e. The Labute approximate surface area is 141 Å². The van der Waals surface area contributed by atoms with Crippen LogP contribution in [0.5, 0.6) is 0 Å². The molecule has 0 saturated heterocycles. The van der Waals surface area contributed by atoms with Gasteiger partial charge < -0.3 is 5.32 Å². The van der Waals surface area contributed by atoms with E-state index in [9.17, 15) is 0 Å².